The van der Waals surface area contributed by atoms with Gasteiger partial charge >= 0.3 is 0 Å². The zero-order valence-electron chi connectivity index (χ0n) is 15.4. The lowest BCUT2D eigenvalue weighted by molar-refractivity contribution is 0.473. The highest BCUT2D eigenvalue weighted by atomic mass is 127. The van der Waals surface area contributed by atoms with Crippen molar-refractivity contribution in [1.82, 2.24) is 15.6 Å². The number of aromatic nitrogens is 1. The fourth-order valence-corrected chi connectivity index (χ4v) is 3.25. The first-order valence-corrected chi connectivity index (χ1v) is 9.91. The van der Waals surface area contributed by atoms with Gasteiger partial charge in [-0.2, -0.15) is 0 Å². The van der Waals surface area contributed by atoms with Crippen LogP contribution >= 0.6 is 24.0 Å². The van der Waals surface area contributed by atoms with Gasteiger partial charge in [0, 0.05) is 35.4 Å². The van der Waals surface area contributed by atoms with Crippen molar-refractivity contribution in [2.24, 2.45) is 4.99 Å². The molecule has 0 fully saturated rings. The van der Waals surface area contributed by atoms with E-state index in [1.807, 2.05) is 51.1 Å². The molecular weight excluding hydrogens is 463 g/mol. The molecule has 8 heteroatoms. The summed E-state index contributed by atoms with van der Waals surface area (Å²) in [6.45, 7) is 7.53. The molecule has 0 spiro atoms. The van der Waals surface area contributed by atoms with Crippen LogP contribution in [0, 0.1) is 13.8 Å². The van der Waals surface area contributed by atoms with Crippen molar-refractivity contribution in [3.63, 3.8) is 0 Å². The molecule has 0 bridgehead atoms. The van der Waals surface area contributed by atoms with Crippen LogP contribution in [-0.4, -0.2) is 34.0 Å². The molecular formula is C18H27IN4O2S. The summed E-state index contributed by atoms with van der Waals surface area (Å²) < 4.78 is 17.7. The Labute approximate surface area is 174 Å². The number of nitrogens with one attached hydrogen (secondary N) is 2. The first-order chi connectivity index (χ1) is 12.1. The fraction of sp³-hybridized carbons (Fsp3) is 0.444. The molecule has 0 saturated carbocycles. The second kappa shape index (κ2) is 12.1. The lowest BCUT2D eigenvalue weighted by Crippen LogP contribution is -2.39. The third kappa shape index (κ3) is 7.86. The number of guanidine groups is 1. The molecule has 1 atom stereocenters. The smallest absolute Gasteiger partial charge is 0.216 e. The molecule has 1 aromatic carbocycles. The number of halogens is 1. The number of aliphatic imine (C=N–C) groups is 1. The van der Waals surface area contributed by atoms with Crippen LogP contribution < -0.4 is 10.6 Å². The van der Waals surface area contributed by atoms with Crippen LogP contribution in [-0.2, 0) is 23.1 Å². The van der Waals surface area contributed by atoms with E-state index in [-0.39, 0.29) is 24.0 Å². The Hall–Kier alpha value is -1.42. The molecule has 0 aliphatic heterocycles. The molecule has 1 unspecified atom stereocenters. The maximum absolute atomic E-state index is 12.2. The summed E-state index contributed by atoms with van der Waals surface area (Å²) in [5, 5.41) is 6.37. The van der Waals surface area contributed by atoms with E-state index in [0.717, 1.165) is 23.6 Å². The van der Waals surface area contributed by atoms with E-state index < -0.39 is 10.8 Å². The van der Waals surface area contributed by atoms with Crippen molar-refractivity contribution in [2.75, 3.05) is 18.8 Å². The number of benzene rings is 1. The highest BCUT2D eigenvalue weighted by molar-refractivity contribution is 14.0. The molecule has 6 nitrogen and oxygen atoms in total. The molecule has 1 aromatic heterocycles. The first-order valence-electron chi connectivity index (χ1n) is 8.42. The lowest BCUT2D eigenvalue weighted by atomic mass is 10.2. The molecule has 0 aliphatic carbocycles. The van der Waals surface area contributed by atoms with Crippen LogP contribution in [0.25, 0.3) is 0 Å². The topological polar surface area (TPSA) is 79.5 Å². The maximum atomic E-state index is 12.2. The molecule has 0 aliphatic rings. The molecule has 2 rings (SSSR count). The quantitative estimate of drug-likeness (QED) is 0.338. The number of hydrogen-bond acceptors (Lipinski definition) is 4. The van der Waals surface area contributed by atoms with Crippen molar-refractivity contribution >= 4 is 40.7 Å². The third-order valence-corrected chi connectivity index (χ3v) is 4.90. The van der Waals surface area contributed by atoms with Crippen molar-refractivity contribution in [3.05, 3.63) is 53.2 Å². The van der Waals surface area contributed by atoms with Crippen LogP contribution in [0.1, 0.15) is 29.8 Å². The summed E-state index contributed by atoms with van der Waals surface area (Å²) in [6.07, 6.45) is 0. The predicted molar refractivity (Wildman–Crippen MR) is 117 cm³/mol. The van der Waals surface area contributed by atoms with E-state index in [1.54, 1.807) is 0 Å². The van der Waals surface area contributed by atoms with Gasteiger partial charge in [0.15, 0.2) is 5.96 Å². The second-order valence-electron chi connectivity index (χ2n) is 5.65. The van der Waals surface area contributed by atoms with Gasteiger partial charge < -0.3 is 15.1 Å². The number of hydrogen-bond donors (Lipinski definition) is 2. The van der Waals surface area contributed by atoms with Gasteiger partial charge in [-0.1, -0.05) is 30.3 Å². The third-order valence-electron chi connectivity index (χ3n) is 3.58. The Balaban J connectivity index is 0.00000338. The van der Waals surface area contributed by atoms with E-state index in [4.69, 9.17) is 4.42 Å². The van der Waals surface area contributed by atoms with Crippen LogP contribution in [0.3, 0.4) is 0 Å². The van der Waals surface area contributed by atoms with Crippen molar-refractivity contribution < 1.29 is 8.63 Å². The van der Waals surface area contributed by atoms with Gasteiger partial charge in [0.2, 0.25) is 5.89 Å². The molecule has 144 valence electrons. The van der Waals surface area contributed by atoms with E-state index in [1.165, 1.54) is 0 Å². The molecule has 2 aromatic rings. The number of aryl methyl sites for hydroxylation is 2. The fourth-order valence-electron chi connectivity index (χ4n) is 2.21. The normalized spacial score (nSPS) is 12.3. The number of oxazole rings is 1. The highest BCUT2D eigenvalue weighted by Gasteiger charge is 2.06. The van der Waals surface area contributed by atoms with Gasteiger partial charge in [-0.05, 0) is 26.3 Å². The highest BCUT2D eigenvalue weighted by Crippen LogP contribution is 2.08. The van der Waals surface area contributed by atoms with Crippen molar-refractivity contribution in [3.8, 4) is 0 Å². The Kier molecular flexibility index (Phi) is 10.5. The SMILES string of the molecule is CCNC(=NCc1nc(C)c(C)o1)NCCS(=O)Cc1ccccc1.I. The lowest BCUT2D eigenvalue weighted by Gasteiger charge is -2.10. The molecule has 26 heavy (non-hydrogen) atoms. The second-order valence-corrected chi connectivity index (χ2v) is 7.22. The number of rotatable bonds is 8. The average Bonchev–Trinajstić information content (AvgIpc) is 2.91. The van der Waals surface area contributed by atoms with Gasteiger partial charge in [-0.15, -0.1) is 24.0 Å². The van der Waals surface area contributed by atoms with E-state index in [2.05, 4.69) is 20.6 Å². The van der Waals surface area contributed by atoms with Gasteiger partial charge in [0.25, 0.3) is 0 Å². The summed E-state index contributed by atoms with van der Waals surface area (Å²) in [4.78, 5) is 8.78. The van der Waals surface area contributed by atoms with E-state index in [9.17, 15) is 4.21 Å². The summed E-state index contributed by atoms with van der Waals surface area (Å²) in [5.41, 5.74) is 1.98. The first kappa shape index (κ1) is 22.6. The van der Waals surface area contributed by atoms with Crippen LogP contribution in [0.4, 0.5) is 0 Å². The monoisotopic (exact) mass is 490 g/mol. The Morgan fingerprint density at radius 3 is 2.58 bits per heavy atom. The molecule has 1 heterocycles. The summed E-state index contributed by atoms with van der Waals surface area (Å²) in [6, 6.07) is 9.89. The van der Waals surface area contributed by atoms with Crippen molar-refractivity contribution in [2.45, 2.75) is 33.1 Å². The average molecular weight is 490 g/mol. The van der Waals surface area contributed by atoms with Crippen LogP contribution in [0.5, 0.6) is 0 Å². The minimum Gasteiger partial charge on any atom is -0.444 e. The van der Waals surface area contributed by atoms with Crippen molar-refractivity contribution in [1.29, 1.82) is 0 Å². The van der Waals surface area contributed by atoms with Gasteiger partial charge in [-0.3, -0.25) is 4.21 Å². The maximum Gasteiger partial charge on any atom is 0.216 e. The molecule has 0 amide bonds. The summed E-state index contributed by atoms with van der Waals surface area (Å²) in [5.74, 6) is 3.23. The predicted octanol–water partition coefficient (Wildman–Crippen LogP) is 2.91. The Morgan fingerprint density at radius 1 is 1.23 bits per heavy atom. The summed E-state index contributed by atoms with van der Waals surface area (Å²) >= 11 is 0. The van der Waals surface area contributed by atoms with Gasteiger partial charge in [0.1, 0.15) is 12.3 Å². The minimum atomic E-state index is -0.907. The van der Waals surface area contributed by atoms with E-state index >= 15 is 0 Å². The van der Waals surface area contributed by atoms with Gasteiger partial charge in [0.05, 0.1) is 5.69 Å². The molecule has 2 N–H and O–H groups in total. The van der Waals surface area contributed by atoms with E-state index in [0.29, 0.717) is 36.4 Å². The van der Waals surface area contributed by atoms with Crippen LogP contribution in [0.2, 0.25) is 0 Å². The zero-order chi connectivity index (χ0) is 18.1. The number of nitrogens with zero attached hydrogens (tertiary/aromatic N) is 2. The standard InChI is InChI=1S/C18H26N4O2S.HI/c1-4-19-18(21-12-17-22-14(2)15(3)24-17)20-10-11-25(23)13-16-8-6-5-7-9-16;/h5-9H,4,10-13H2,1-3H3,(H2,19,20,21);1H. The largest absolute Gasteiger partial charge is 0.444 e. The molecule has 0 saturated heterocycles. The minimum absolute atomic E-state index is 0. The van der Waals surface area contributed by atoms with Crippen LogP contribution in [0.15, 0.2) is 39.7 Å². The Morgan fingerprint density at radius 2 is 1.96 bits per heavy atom. The van der Waals surface area contributed by atoms with Gasteiger partial charge in [-0.25, -0.2) is 9.98 Å². The summed E-state index contributed by atoms with van der Waals surface area (Å²) in [7, 11) is -0.907. The molecule has 0 radical (unpaired) electrons. The Bertz CT molecular complexity index is 700. The zero-order valence-corrected chi connectivity index (χ0v) is 18.6.